The Morgan fingerprint density at radius 1 is 1.40 bits per heavy atom. The molecule has 25 heavy (non-hydrogen) atoms. The first-order chi connectivity index (χ1) is 11.7. The molecule has 1 aliphatic carbocycles. The molecule has 0 aromatic heterocycles. The van der Waals surface area contributed by atoms with Crippen LogP contribution in [0, 0.1) is 5.41 Å². The van der Waals surface area contributed by atoms with Crippen LogP contribution in [0.3, 0.4) is 0 Å². The third-order valence-electron chi connectivity index (χ3n) is 5.33. The second-order valence-electron chi connectivity index (χ2n) is 8.68. The van der Waals surface area contributed by atoms with Gasteiger partial charge in [-0.05, 0) is 69.6 Å². The number of nitrogens with two attached hydrogens (primary N) is 1. The molecule has 138 valence electrons. The topological polar surface area (TPSA) is 67.6 Å². The third kappa shape index (κ3) is 4.02. The number of hydrogen-bond donors (Lipinski definition) is 2. The predicted octanol–water partition coefficient (Wildman–Crippen LogP) is 4.03. The van der Waals surface area contributed by atoms with Gasteiger partial charge >= 0.3 is 6.09 Å². The Balaban J connectivity index is 1.53. The number of likely N-dealkylation sites (tertiary alicyclic amines) is 1. The van der Waals surface area contributed by atoms with Crippen LogP contribution < -0.4 is 11.1 Å². The fourth-order valence-corrected chi connectivity index (χ4v) is 4.01. The van der Waals surface area contributed by atoms with Crippen molar-refractivity contribution in [2.75, 3.05) is 24.1 Å². The third-order valence-corrected chi connectivity index (χ3v) is 5.33. The van der Waals surface area contributed by atoms with Crippen molar-refractivity contribution in [2.24, 2.45) is 5.41 Å². The van der Waals surface area contributed by atoms with Gasteiger partial charge in [0.2, 0.25) is 0 Å². The molecular weight excluding hydrogens is 314 g/mol. The van der Waals surface area contributed by atoms with Crippen LogP contribution in [0.5, 0.6) is 0 Å². The van der Waals surface area contributed by atoms with Crippen molar-refractivity contribution in [1.82, 2.24) is 4.90 Å². The van der Waals surface area contributed by atoms with Crippen molar-refractivity contribution in [2.45, 2.75) is 65.0 Å². The zero-order chi connectivity index (χ0) is 18.2. The lowest BCUT2D eigenvalue weighted by atomic mass is 9.65. The van der Waals surface area contributed by atoms with Crippen LogP contribution in [0.4, 0.5) is 16.2 Å². The summed E-state index contributed by atoms with van der Waals surface area (Å²) in [5.74, 6) is 0. The van der Waals surface area contributed by atoms with Gasteiger partial charge in [0.15, 0.2) is 0 Å². The van der Waals surface area contributed by atoms with Crippen molar-refractivity contribution in [3.8, 4) is 0 Å². The molecule has 1 aliphatic heterocycles. The number of nitrogen functional groups attached to an aromatic ring is 1. The summed E-state index contributed by atoms with van der Waals surface area (Å²) in [7, 11) is 0. The molecule has 2 fully saturated rings. The molecule has 0 bridgehead atoms. The minimum Gasteiger partial charge on any atom is -0.444 e. The van der Waals surface area contributed by atoms with E-state index in [1.54, 1.807) is 0 Å². The maximum atomic E-state index is 12.2. The van der Waals surface area contributed by atoms with Crippen molar-refractivity contribution < 1.29 is 9.53 Å². The number of ether oxygens (including phenoxy) is 1. The van der Waals surface area contributed by atoms with Gasteiger partial charge in [0.1, 0.15) is 5.60 Å². The molecule has 0 radical (unpaired) electrons. The molecule has 1 spiro atoms. The van der Waals surface area contributed by atoms with E-state index in [0.29, 0.717) is 6.04 Å². The van der Waals surface area contributed by atoms with Gasteiger partial charge in [-0.3, -0.25) is 0 Å². The maximum Gasteiger partial charge on any atom is 0.410 e. The highest BCUT2D eigenvalue weighted by Gasteiger charge is 2.50. The second-order valence-corrected chi connectivity index (χ2v) is 8.68. The zero-order valence-electron chi connectivity index (χ0n) is 15.9. The van der Waals surface area contributed by atoms with Gasteiger partial charge in [-0.1, -0.05) is 13.0 Å². The summed E-state index contributed by atoms with van der Waals surface area (Å²) in [6.07, 6.45) is 4.06. The highest BCUT2D eigenvalue weighted by atomic mass is 16.6. The summed E-state index contributed by atoms with van der Waals surface area (Å²) in [5, 5.41) is 3.60. The van der Waals surface area contributed by atoms with E-state index < -0.39 is 5.60 Å². The van der Waals surface area contributed by atoms with Crippen molar-refractivity contribution in [3.05, 3.63) is 23.8 Å². The number of rotatable bonds is 3. The molecule has 5 nitrogen and oxygen atoms in total. The van der Waals surface area contributed by atoms with Gasteiger partial charge in [0.25, 0.3) is 0 Å². The summed E-state index contributed by atoms with van der Waals surface area (Å²) < 4.78 is 5.50. The lowest BCUT2D eigenvalue weighted by Gasteiger charge is -2.46. The summed E-state index contributed by atoms with van der Waals surface area (Å²) in [6.45, 7) is 9.50. The van der Waals surface area contributed by atoms with Crippen molar-refractivity contribution >= 4 is 17.5 Å². The Labute approximate surface area is 150 Å². The Morgan fingerprint density at radius 2 is 2.12 bits per heavy atom. The molecule has 0 unspecified atom stereocenters. The summed E-state index contributed by atoms with van der Waals surface area (Å²) in [4.78, 5) is 14.1. The van der Waals surface area contributed by atoms with Gasteiger partial charge in [0, 0.05) is 19.1 Å². The number of aryl methyl sites for hydroxylation is 1. The van der Waals surface area contributed by atoms with Crippen LogP contribution in [0.1, 0.15) is 52.5 Å². The zero-order valence-corrected chi connectivity index (χ0v) is 15.9. The average molecular weight is 345 g/mol. The summed E-state index contributed by atoms with van der Waals surface area (Å²) in [6, 6.07) is 6.66. The highest BCUT2D eigenvalue weighted by molar-refractivity contribution is 5.69. The van der Waals surface area contributed by atoms with Crippen LogP contribution in [-0.4, -0.2) is 35.7 Å². The Hall–Kier alpha value is -1.91. The predicted molar refractivity (Wildman–Crippen MR) is 102 cm³/mol. The molecule has 1 aromatic rings. The summed E-state index contributed by atoms with van der Waals surface area (Å²) in [5.41, 5.74) is 9.07. The van der Waals surface area contributed by atoms with Gasteiger partial charge in [-0.25, -0.2) is 4.79 Å². The smallest absolute Gasteiger partial charge is 0.410 e. The number of amides is 1. The molecule has 1 saturated carbocycles. The minimum atomic E-state index is -0.432. The number of benzene rings is 1. The van der Waals surface area contributed by atoms with E-state index in [0.717, 1.165) is 50.1 Å². The Morgan fingerprint density at radius 3 is 2.76 bits per heavy atom. The SMILES string of the molecule is CCc1ccc(N)c(NC2CC3(CCN(C(=O)OC(C)(C)C)C3)C2)c1. The van der Waals surface area contributed by atoms with E-state index in [9.17, 15) is 4.79 Å². The highest BCUT2D eigenvalue weighted by Crippen LogP contribution is 2.49. The molecule has 0 atom stereocenters. The fraction of sp³-hybridized carbons (Fsp3) is 0.650. The monoisotopic (exact) mass is 345 g/mol. The van der Waals surface area contributed by atoms with E-state index in [-0.39, 0.29) is 11.5 Å². The number of carbonyl (C=O) groups excluding carboxylic acids is 1. The van der Waals surface area contributed by atoms with Crippen LogP contribution in [0.15, 0.2) is 18.2 Å². The molecule has 1 heterocycles. The molecular formula is C20H31N3O2. The number of nitrogens with zero attached hydrogens (tertiary/aromatic N) is 1. The summed E-state index contributed by atoms with van der Waals surface area (Å²) >= 11 is 0. The molecule has 2 aliphatic rings. The average Bonchev–Trinajstić information content (AvgIpc) is 2.93. The first-order valence-corrected chi connectivity index (χ1v) is 9.33. The van der Waals surface area contributed by atoms with E-state index in [1.807, 2.05) is 31.7 Å². The van der Waals surface area contributed by atoms with Crippen LogP contribution in [0.2, 0.25) is 0 Å². The number of anilines is 2. The van der Waals surface area contributed by atoms with E-state index in [4.69, 9.17) is 10.5 Å². The first-order valence-electron chi connectivity index (χ1n) is 9.33. The van der Waals surface area contributed by atoms with Gasteiger partial charge < -0.3 is 20.7 Å². The standard InChI is InChI=1S/C20H31N3O2/c1-5-14-6-7-16(21)17(10-14)22-15-11-20(12-15)8-9-23(13-20)18(24)25-19(2,3)4/h6-7,10,15,22H,5,8-9,11-13,21H2,1-4H3. The van der Waals surface area contributed by atoms with Crippen molar-refractivity contribution in [3.63, 3.8) is 0 Å². The number of carbonyl (C=O) groups is 1. The normalized spacial score (nSPS) is 25.8. The van der Waals surface area contributed by atoms with E-state index in [2.05, 4.69) is 24.4 Å². The van der Waals surface area contributed by atoms with Gasteiger partial charge in [-0.2, -0.15) is 0 Å². The molecule has 1 aromatic carbocycles. The Bertz CT molecular complexity index is 645. The van der Waals surface area contributed by atoms with Gasteiger partial charge in [-0.15, -0.1) is 0 Å². The van der Waals surface area contributed by atoms with E-state index in [1.165, 1.54) is 5.56 Å². The molecule has 1 amide bonds. The van der Waals surface area contributed by atoms with Crippen LogP contribution >= 0.6 is 0 Å². The second kappa shape index (κ2) is 6.43. The van der Waals surface area contributed by atoms with Gasteiger partial charge in [0.05, 0.1) is 11.4 Å². The van der Waals surface area contributed by atoms with E-state index >= 15 is 0 Å². The molecule has 5 heteroatoms. The first kappa shape index (κ1) is 17.9. The largest absolute Gasteiger partial charge is 0.444 e. The van der Waals surface area contributed by atoms with Crippen LogP contribution in [-0.2, 0) is 11.2 Å². The number of nitrogens with one attached hydrogen (secondary N) is 1. The Kier molecular flexibility index (Phi) is 4.60. The molecule has 3 N–H and O–H groups in total. The lowest BCUT2D eigenvalue weighted by Crippen LogP contribution is -2.47. The lowest BCUT2D eigenvalue weighted by molar-refractivity contribution is 0.0237. The minimum absolute atomic E-state index is 0.180. The fourth-order valence-electron chi connectivity index (χ4n) is 4.01. The molecule has 1 saturated heterocycles. The quantitative estimate of drug-likeness (QED) is 0.812. The molecule has 3 rings (SSSR count). The maximum absolute atomic E-state index is 12.2. The number of hydrogen-bond acceptors (Lipinski definition) is 4. The van der Waals surface area contributed by atoms with Crippen LogP contribution in [0.25, 0.3) is 0 Å². The van der Waals surface area contributed by atoms with Crippen molar-refractivity contribution in [1.29, 1.82) is 0 Å².